The molecule has 0 radical (unpaired) electrons. The van der Waals surface area contributed by atoms with Crippen molar-refractivity contribution in [2.24, 2.45) is 4.99 Å². The van der Waals surface area contributed by atoms with Crippen LogP contribution in [0.15, 0.2) is 102 Å². The number of hydrogen-bond donors (Lipinski definition) is 0. The van der Waals surface area contributed by atoms with E-state index in [9.17, 15) is 0 Å². The number of benzene rings is 4. The Kier molecular flexibility index (Phi) is 9.76. The zero-order chi connectivity index (χ0) is 27.8. The highest BCUT2D eigenvalue weighted by Crippen LogP contribution is 2.50. The molecule has 0 aliphatic rings. The molecule has 3 unspecified atom stereocenters. The fourth-order valence-electron chi connectivity index (χ4n) is 5.00. The quantitative estimate of drug-likeness (QED) is 0.138. The highest BCUT2D eigenvalue weighted by Gasteiger charge is 2.32. The SMILES string of the molecule is CCC(C)c1cccc(C(C)(CC)Pc2c(C)cccc2/C(C)=N/c2ccccc2)c1OCc1ccccc1. The predicted octanol–water partition coefficient (Wildman–Crippen LogP) is 9.86. The van der Waals surface area contributed by atoms with Gasteiger partial charge in [-0.2, -0.15) is 0 Å². The minimum atomic E-state index is -0.0800. The van der Waals surface area contributed by atoms with Crippen molar-refractivity contribution in [2.75, 3.05) is 0 Å². The molecule has 0 N–H and O–H groups in total. The van der Waals surface area contributed by atoms with Crippen molar-refractivity contribution in [3.8, 4) is 5.75 Å². The van der Waals surface area contributed by atoms with Crippen LogP contribution in [0, 0.1) is 6.92 Å². The van der Waals surface area contributed by atoms with E-state index in [1.165, 1.54) is 33.1 Å². The summed E-state index contributed by atoms with van der Waals surface area (Å²) in [5, 5.41) is 1.31. The maximum absolute atomic E-state index is 6.73. The predicted molar refractivity (Wildman–Crippen MR) is 171 cm³/mol. The van der Waals surface area contributed by atoms with Crippen LogP contribution < -0.4 is 10.0 Å². The largest absolute Gasteiger partial charge is 0.488 e. The van der Waals surface area contributed by atoms with Gasteiger partial charge in [0.05, 0.1) is 5.69 Å². The van der Waals surface area contributed by atoms with Crippen molar-refractivity contribution in [1.29, 1.82) is 0 Å². The Morgan fingerprint density at radius 3 is 2.21 bits per heavy atom. The zero-order valence-corrected chi connectivity index (χ0v) is 25.3. The van der Waals surface area contributed by atoms with E-state index >= 15 is 0 Å². The minimum absolute atomic E-state index is 0.0800. The third kappa shape index (κ3) is 6.87. The van der Waals surface area contributed by atoms with Crippen LogP contribution in [0.25, 0.3) is 0 Å². The minimum Gasteiger partial charge on any atom is -0.488 e. The molecule has 0 bridgehead atoms. The van der Waals surface area contributed by atoms with Crippen molar-refractivity contribution in [3.05, 3.63) is 125 Å². The Hall–Kier alpha value is -3.22. The smallest absolute Gasteiger partial charge is 0.127 e. The van der Waals surface area contributed by atoms with Crippen molar-refractivity contribution in [2.45, 2.75) is 72.1 Å². The Morgan fingerprint density at radius 2 is 1.54 bits per heavy atom. The van der Waals surface area contributed by atoms with E-state index in [2.05, 4.69) is 120 Å². The number of ether oxygens (including phenoxy) is 1. The molecular weight excluding hydrogens is 493 g/mol. The van der Waals surface area contributed by atoms with E-state index < -0.39 is 0 Å². The second kappa shape index (κ2) is 13.2. The topological polar surface area (TPSA) is 21.6 Å². The van der Waals surface area contributed by atoms with Crippen LogP contribution in [0.3, 0.4) is 0 Å². The van der Waals surface area contributed by atoms with Gasteiger partial charge in [-0.25, -0.2) is 0 Å². The summed E-state index contributed by atoms with van der Waals surface area (Å²) in [6, 6.07) is 34.1. The molecule has 4 rings (SSSR count). The molecule has 39 heavy (non-hydrogen) atoms. The van der Waals surface area contributed by atoms with Gasteiger partial charge in [0.15, 0.2) is 0 Å². The van der Waals surface area contributed by atoms with Crippen LogP contribution in [0.2, 0.25) is 0 Å². The Balaban J connectivity index is 1.77. The molecule has 3 atom stereocenters. The van der Waals surface area contributed by atoms with Gasteiger partial charge in [-0.1, -0.05) is 121 Å². The van der Waals surface area contributed by atoms with E-state index in [-0.39, 0.29) is 5.16 Å². The lowest BCUT2D eigenvalue weighted by Gasteiger charge is -2.34. The molecule has 0 aliphatic heterocycles. The van der Waals surface area contributed by atoms with Gasteiger partial charge in [-0.15, -0.1) is 0 Å². The van der Waals surface area contributed by atoms with E-state index in [1.54, 1.807) is 0 Å². The van der Waals surface area contributed by atoms with Crippen LogP contribution in [-0.4, -0.2) is 5.71 Å². The van der Waals surface area contributed by atoms with E-state index in [4.69, 9.17) is 9.73 Å². The van der Waals surface area contributed by atoms with Gasteiger partial charge in [-0.3, -0.25) is 4.99 Å². The molecular formula is C36H42NOP. The molecule has 0 fully saturated rings. The zero-order valence-electron chi connectivity index (χ0n) is 24.3. The lowest BCUT2D eigenvalue weighted by Crippen LogP contribution is -2.24. The monoisotopic (exact) mass is 535 g/mol. The number of rotatable bonds is 11. The van der Waals surface area contributed by atoms with Crippen LogP contribution in [0.1, 0.15) is 81.2 Å². The first kappa shape index (κ1) is 28.8. The average Bonchev–Trinajstić information content (AvgIpc) is 2.97. The van der Waals surface area contributed by atoms with Crippen LogP contribution in [0.5, 0.6) is 5.75 Å². The molecule has 3 heteroatoms. The molecule has 0 saturated carbocycles. The summed E-state index contributed by atoms with van der Waals surface area (Å²) in [4.78, 5) is 4.98. The van der Waals surface area contributed by atoms with Gasteiger partial charge < -0.3 is 4.74 Å². The number of aliphatic imine (C=N–C) groups is 1. The molecule has 0 spiro atoms. The van der Waals surface area contributed by atoms with Gasteiger partial charge in [0.2, 0.25) is 0 Å². The molecule has 2 nitrogen and oxygen atoms in total. The molecule has 0 amide bonds. The van der Waals surface area contributed by atoms with Crippen molar-refractivity contribution in [1.82, 2.24) is 0 Å². The first-order chi connectivity index (χ1) is 18.9. The van der Waals surface area contributed by atoms with Crippen LogP contribution in [-0.2, 0) is 11.8 Å². The standard InChI is InChI=1S/C36H42NOP/c1-7-26(3)31-22-16-24-33(34(31)38-25-29-18-11-9-12-19-29)36(6,8-2)39-35-27(4)17-15-23-32(35)28(5)37-30-20-13-10-14-21-30/h9-24,26,39H,7-8,25H2,1-6H3/b37-28+. The van der Waals surface area contributed by atoms with E-state index in [1.807, 2.05) is 18.2 Å². The first-order valence-electron chi connectivity index (χ1n) is 14.1. The van der Waals surface area contributed by atoms with E-state index in [0.29, 0.717) is 21.1 Å². The fraction of sp³-hybridized carbons (Fsp3) is 0.306. The van der Waals surface area contributed by atoms with Gasteiger partial charge in [0.25, 0.3) is 0 Å². The number of hydrogen-bond acceptors (Lipinski definition) is 2. The number of aryl methyl sites for hydroxylation is 1. The summed E-state index contributed by atoms with van der Waals surface area (Å²) in [5.41, 5.74) is 8.41. The summed E-state index contributed by atoms with van der Waals surface area (Å²) in [7, 11) is 0.574. The molecule has 0 aromatic heterocycles. The average molecular weight is 536 g/mol. The van der Waals surface area contributed by atoms with Gasteiger partial charge >= 0.3 is 0 Å². The van der Waals surface area contributed by atoms with Crippen molar-refractivity contribution >= 4 is 25.3 Å². The number of nitrogens with zero attached hydrogens (tertiary/aromatic N) is 1. The second-order valence-electron chi connectivity index (χ2n) is 10.6. The molecule has 4 aromatic rings. The Labute approximate surface area is 237 Å². The van der Waals surface area contributed by atoms with Crippen molar-refractivity contribution in [3.63, 3.8) is 0 Å². The maximum Gasteiger partial charge on any atom is 0.127 e. The number of para-hydroxylation sites is 2. The van der Waals surface area contributed by atoms with Gasteiger partial charge in [-0.05, 0) is 66.7 Å². The van der Waals surface area contributed by atoms with Gasteiger partial charge in [0, 0.05) is 22.0 Å². The summed E-state index contributed by atoms with van der Waals surface area (Å²) in [6.07, 6.45) is 2.09. The normalized spacial score (nSPS) is 14.4. The third-order valence-electron chi connectivity index (χ3n) is 7.83. The van der Waals surface area contributed by atoms with E-state index in [0.717, 1.165) is 30.0 Å². The van der Waals surface area contributed by atoms with Gasteiger partial charge in [0.1, 0.15) is 12.4 Å². The fourth-order valence-corrected chi connectivity index (χ4v) is 6.74. The highest BCUT2D eigenvalue weighted by atomic mass is 31.1. The molecule has 0 saturated heterocycles. The van der Waals surface area contributed by atoms with Crippen LogP contribution >= 0.6 is 8.58 Å². The van der Waals surface area contributed by atoms with Crippen LogP contribution in [0.4, 0.5) is 5.69 Å². The summed E-state index contributed by atoms with van der Waals surface area (Å²) in [6.45, 7) is 14.2. The second-order valence-corrected chi connectivity index (χ2v) is 12.5. The highest BCUT2D eigenvalue weighted by molar-refractivity contribution is 7.49. The molecule has 0 heterocycles. The third-order valence-corrected chi connectivity index (χ3v) is 9.92. The lowest BCUT2D eigenvalue weighted by molar-refractivity contribution is 0.294. The Bertz CT molecular complexity index is 1400. The molecule has 0 aliphatic carbocycles. The summed E-state index contributed by atoms with van der Waals surface area (Å²) < 4.78 is 6.73. The summed E-state index contributed by atoms with van der Waals surface area (Å²) in [5.74, 6) is 1.49. The summed E-state index contributed by atoms with van der Waals surface area (Å²) >= 11 is 0. The molecule has 4 aromatic carbocycles. The first-order valence-corrected chi connectivity index (χ1v) is 15.1. The Morgan fingerprint density at radius 1 is 0.872 bits per heavy atom. The maximum atomic E-state index is 6.73. The van der Waals surface area contributed by atoms with Crippen molar-refractivity contribution < 1.29 is 4.74 Å². The lowest BCUT2D eigenvalue weighted by atomic mass is 9.89. The molecule has 202 valence electrons.